The number of allylic oxidation sites excluding steroid dienone is 1. The molecule has 28 heavy (non-hydrogen) atoms. The van der Waals surface area contributed by atoms with Crippen LogP contribution in [0.25, 0.3) is 0 Å². The quantitative estimate of drug-likeness (QED) is 0.464. The van der Waals surface area contributed by atoms with Gasteiger partial charge in [-0.05, 0) is 26.0 Å². The molecule has 0 saturated carbocycles. The van der Waals surface area contributed by atoms with Gasteiger partial charge in [-0.25, -0.2) is 14.4 Å². The molecule has 2 aliphatic heterocycles. The summed E-state index contributed by atoms with van der Waals surface area (Å²) in [6, 6.07) is 5.48. The summed E-state index contributed by atoms with van der Waals surface area (Å²) < 4.78 is 15.1. The van der Waals surface area contributed by atoms with Crippen LogP contribution in [0.4, 0.5) is 0 Å². The fraction of sp³-hybridized carbons (Fsp3) is 0.421. The second-order valence-electron chi connectivity index (χ2n) is 5.88. The van der Waals surface area contributed by atoms with Crippen LogP contribution in [0.3, 0.4) is 0 Å². The summed E-state index contributed by atoms with van der Waals surface area (Å²) in [6.07, 6.45) is 2.34. The van der Waals surface area contributed by atoms with Crippen molar-refractivity contribution in [3.05, 3.63) is 47.0 Å². The molecular weight excluding hydrogens is 372 g/mol. The van der Waals surface area contributed by atoms with Crippen molar-refractivity contribution in [2.75, 3.05) is 26.4 Å². The maximum absolute atomic E-state index is 10.5. The minimum atomic E-state index is -1.23. The molecule has 0 aromatic heterocycles. The molecule has 0 radical (unpaired) electrons. The van der Waals surface area contributed by atoms with Gasteiger partial charge in [0.05, 0.1) is 37.6 Å². The number of ether oxygens (including phenoxy) is 3. The van der Waals surface area contributed by atoms with Gasteiger partial charge in [0.15, 0.2) is 0 Å². The second kappa shape index (κ2) is 11.9. The van der Waals surface area contributed by atoms with E-state index in [-0.39, 0.29) is 11.1 Å². The van der Waals surface area contributed by atoms with Crippen molar-refractivity contribution >= 4 is 17.9 Å². The molecular formula is C19H24O9. The van der Waals surface area contributed by atoms with Crippen molar-refractivity contribution in [2.24, 2.45) is 0 Å². The zero-order chi connectivity index (χ0) is 21.1. The van der Waals surface area contributed by atoms with Crippen molar-refractivity contribution in [3.8, 4) is 0 Å². The van der Waals surface area contributed by atoms with E-state index in [1.807, 2.05) is 0 Å². The Balaban J connectivity index is 0.000000219. The van der Waals surface area contributed by atoms with Crippen molar-refractivity contribution in [2.45, 2.75) is 26.1 Å². The minimum Gasteiger partial charge on any atom is -0.478 e. The third-order valence-electron chi connectivity index (χ3n) is 3.57. The van der Waals surface area contributed by atoms with E-state index < -0.39 is 17.9 Å². The first-order valence-electron chi connectivity index (χ1n) is 8.49. The van der Waals surface area contributed by atoms with Gasteiger partial charge in [0, 0.05) is 5.57 Å². The fourth-order valence-electron chi connectivity index (χ4n) is 1.64. The van der Waals surface area contributed by atoms with Gasteiger partial charge in [-0.1, -0.05) is 18.2 Å². The monoisotopic (exact) mass is 396 g/mol. The first kappa shape index (κ1) is 23.3. The summed E-state index contributed by atoms with van der Waals surface area (Å²) in [7, 11) is 0. The van der Waals surface area contributed by atoms with E-state index in [1.54, 1.807) is 19.9 Å². The first-order valence-corrected chi connectivity index (χ1v) is 8.49. The van der Waals surface area contributed by atoms with Crippen LogP contribution >= 0.6 is 0 Å². The van der Waals surface area contributed by atoms with Crippen LogP contribution in [0.5, 0.6) is 0 Å². The average Bonchev–Trinajstić information content (AvgIpc) is 3.57. The summed E-state index contributed by atoms with van der Waals surface area (Å²) in [5, 5.41) is 25.2. The number of carboxylic acid groups (broad SMARTS) is 3. The van der Waals surface area contributed by atoms with E-state index >= 15 is 0 Å². The maximum atomic E-state index is 10.5. The Morgan fingerprint density at radius 3 is 1.61 bits per heavy atom. The van der Waals surface area contributed by atoms with Gasteiger partial charge in [-0.3, -0.25) is 0 Å². The van der Waals surface area contributed by atoms with Gasteiger partial charge in [-0.2, -0.15) is 0 Å². The smallest absolute Gasteiger partial charge is 0.336 e. The number of epoxide rings is 2. The molecule has 2 saturated heterocycles. The Hall–Kier alpha value is -2.75. The number of aromatic carboxylic acids is 2. The predicted octanol–water partition coefficient (Wildman–Crippen LogP) is 1.92. The molecule has 2 fully saturated rings. The van der Waals surface area contributed by atoms with Crippen LogP contribution in [0.1, 0.15) is 34.6 Å². The van der Waals surface area contributed by atoms with Gasteiger partial charge in [0.1, 0.15) is 12.2 Å². The van der Waals surface area contributed by atoms with Crippen molar-refractivity contribution in [1.29, 1.82) is 0 Å². The molecule has 9 nitrogen and oxygen atoms in total. The molecule has 3 N–H and O–H groups in total. The van der Waals surface area contributed by atoms with E-state index in [1.165, 1.54) is 24.3 Å². The van der Waals surface area contributed by atoms with Gasteiger partial charge in [0.25, 0.3) is 0 Å². The molecule has 9 heteroatoms. The third-order valence-corrected chi connectivity index (χ3v) is 3.57. The lowest BCUT2D eigenvalue weighted by atomic mass is 10.1. The summed E-state index contributed by atoms with van der Waals surface area (Å²) in [5.74, 6) is -3.30. The number of rotatable bonds is 7. The number of aliphatic carboxylic acids is 1. The van der Waals surface area contributed by atoms with E-state index in [0.29, 0.717) is 17.8 Å². The molecule has 3 rings (SSSR count). The molecule has 0 amide bonds. The van der Waals surface area contributed by atoms with Crippen molar-refractivity contribution < 1.29 is 43.9 Å². The van der Waals surface area contributed by atoms with Crippen LogP contribution in [-0.2, 0) is 19.0 Å². The lowest BCUT2D eigenvalue weighted by Crippen LogP contribution is -2.06. The van der Waals surface area contributed by atoms with Crippen molar-refractivity contribution in [3.63, 3.8) is 0 Å². The number of carboxylic acids is 3. The normalized spacial score (nSPS) is 19.3. The molecule has 2 heterocycles. The summed E-state index contributed by atoms with van der Waals surface area (Å²) in [6.45, 7) is 6.52. The molecule has 2 atom stereocenters. The number of hydrogen-bond donors (Lipinski definition) is 3. The summed E-state index contributed by atoms with van der Waals surface area (Å²) in [4.78, 5) is 30.8. The second-order valence-corrected chi connectivity index (χ2v) is 5.88. The van der Waals surface area contributed by atoms with E-state index in [9.17, 15) is 14.4 Å². The van der Waals surface area contributed by atoms with Gasteiger partial charge >= 0.3 is 17.9 Å². The Labute approximate surface area is 162 Å². The maximum Gasteiger partial charge on any atom is 0.336 e. The Bertz CT molecular complexity index is 658. The lowest BCUT2D eigenvalue weighted by molar-refractivity contribution is -0.132. The highest BCUT2D eigenvalue weighted by Gasteiger charge is 2.26. The Morgan fingerprint density at radius 2 is 1.39 bits per heavy atom. The highest BCUT2D eigenvalue weighted by atomic mass is 16.6. The van der Waals surface area contributed by atoms with E-state index in [0.717, 1.165) is 26.4 Å². The number of hydrogen-bond acceptors (Lipinski definition) is 6. The third kappa shape index (κ3) is 9.81. The largest absolute Gasteiger partial charge is 0.478 e. The van der Waals surface area contributed by atoms with Crippen LogP contribution in [0.15, 0.2) is 35.9 Å². The number of benzene rings is 1. The molecule has 1 aromatic rings. The fourth-order valence-corrected chi connectivity index (χ4v) is 1.64. The zero-order valence-corrected chi connectivity index (χ0v) is 15.7. The average molecular weight is 396 g/mol. The van der Waals surface area contributed by atoms with Crippen LogP contribution in [0.2, 0.25) is 0 Å². The predicted molar refractivity (Wildman–Crippen MR) is 97.7 cm³/mol. The van der Waals surface area contributed by atoms with Gasteiger partial charge in [-0.15, -0.1) is 0 Å². The molecule has 154 valence electrons. The zero-order valence-electron chi connectivity index (χ0n) is 15.7. The molecule has 0 bridgehead atoms. The van der Waals surface area contributed by atoms with Crippen LogP contribution < -0.4 is 0 Å². The molecule has 0 aliphatic carbocycles. The Morgan fingerprint density at radius 1 is 1.00 bits per heavy atom. The van der Waals surface area contributed by atoms with Gasteiger partial charge in [0.2, 0.25) is 0 Å². The molecule has 2 aliphatic rings. The number of carbonyl (C=O) groups is 3. The van der Waals surface area contributed by atoms with Crippen LogP contribution in [0, 0.1) is 0 Å². The highest BCUT2D eigenvalue weighted by molar-refractivity contribution is 6.01. The standard InChI is InChI=1S/C8H6O4.C6H10O3.C5H8O2/c9-7(10)5-3-1-2-4-6(5)8(11)12;1(5-3-8-5)7-2-6-4-9-6;1-3-4(2)5(6)7/h1-4H,(H,9,10)(H,11,12);5-6H,1-4H2;3H,1-2H3,(H,6,7). The molecule has 2 unspecified atom stereocenters. The highest BCUT2D eigenvalue weighted by Crippen LogP contribution is 2.12. The van der Waals surface area contributed by atoms with E-state index in [2.05, 4.69) is 0 Å². The van der Waals surface area contributed by atoms with Crippen LogP contribution in [-0.4, -0.2) is 71.9 Å². The SMILES string of the molecule is C(OCC1CO1)C1CO1.CC=C(C)C(=O)O.O=C(O)c1ccccc1C(=O)O. The van der Waals surface area contributed by atoms with E-state index in [4.69, 9.17) is 29.5 Å². The summed E-state index contributed by atoms with van der Waals surface area (Å²) >= 11 is 0. The Kier molecular flexibility index (Phi) is 9.86. The lowest BCUT2D eigenvalue weighted by Gasteiger charge is -1.98. The molecule has 0 spiro atoms. The summed E-state index contributed by atoms with van der Waals surface area (Å²) in [5.41, 5.74) is 0.00926. The van der Waals surface area contributed by atoms with Gasteiger partial charge < -0.3 is 29.5 Å². The minimum absolute atomic E-state index is 0.190. The molecule has 1 aromatic carbocycles. The first-order chi connectivity index (χ1) is 13.3. The van der Waals surface area contributed by atoms with Crippen molar-refractivity contribution in [1.82, 2.24) is 0 Å². The topological polar surface area (TPSA) is 146 Å².